The summed E-state index contributed by atoms with van der Waals surface area (Å²) in [6.45, 7) is 0. The van der Waals surface area contributed by atoms with Crippen LogP contribution in [0.1, 0.15) is 16.7 Å². The number of hydrogen-bond donors (Lipinski definition) is 1. The molecule has 0 spiro atoms. The Morgan fingerprint density at radius 3 is 1.77 bits per heavy atom. The minimum absolute atomic E-state index is 0.0307. The number of alkyl halides is 8. The van der Waals surface area contributed by atoms with Crippen LogP contribution in [-0.4, -0.2) is 17.2 Å². The Morgan fingerprint density at radius 2 is 1.27 bits per heavy atom. The minimum Gasteiger partial charge on any atom is -0.374 e. The second-order valence-electron chi connectivity index (χ2n) is 5.34. The van der Waals surface area contributed by atoms with Crippen molar-refractivity contribution in [3.8, 4) is 0 Å². The fraction of sp³-hybridized carbons (Fsp3) is 0.250. The molecule has 0 fully saturated rings. The molecule has 142 valence electrons. The average Bonchev–Trinajstić information content (AvgIpc) is 2.52. The molecule has 1 N–H and O–H groups in total. The van der Waals surface area contributed by atoms with Gasteiger partial charge >= 0.3 is 18.3 Å². The Balaban J connectivity index is 2.85. The summed E-state index contributed by atoms with van der Waals surface area (Å²) in [6, 6.07) is 5.50. The van der Waals surface area contributed by atoms with Crippen molar-refractivity contribution in [2.45, 2.75) is 23.9 Å². The Labute approximate surface area is 146 Å². The van der Waals surface area contributed by atoms with E-state index in [-0.39, 0.29) is 6.07 Å². The highest BCUT2D eigenvalue weighted by atomic mass is 35.5. The maximum absolute atomic E-state index is 14.2. The second kappa shape index (κ2) is 6.38. The first kappa shape index (κ1) is 20.4. The lowest BCUT2D eigenvalue weighted by molar-refractivity contribution is -0.336. The van der Waals surface area contributed by atoms with Crippen molar-refractivity contribution in [3.05, 3.63) is 70.2 Å². The van der Waals surface area contributed by atoms with E-state index in [1.807, 2.05) is 0 Å². The predicted octanol–water partition coefficient (Wildman–Crippen LogP) is 5.79. The molecule has 2 rings (SSSR count). The molecule has 0 saturated heterocycles. The fourth-order valence-corrected chi connectivity index (χ4v) is 2.66. The summed E-state index contributed by atoms with van der Waals surface area (Å²) < 4.78 is 106. The van der Waals surface area contributed by atoms with E-state index in [4.69, 9.17) is 11.6 Å². The molecule has 1 nitrogen and oxygen atoms in total. The summed E-state index contributed by atoms with van der Waals surface area (Å²) in [5.74, 6) is -5.84. The van der Waals surface area contributed by atoms with Crippen molar-refractivity contribution < 1.29 is 40.2 Å². The van der Waals surface area contributed by atoms with Gasteiger partial charge in [-0.25, -0.2) is 0 Å². The van der Waals surface area contributed by atoms with Crippen LogP contribution in [0, 0.1) is 0 Å². The maximum Gasteiger partial charge on any atom is 0.457 e. The van der Waals surface area contributed by atoms with Crippen LogP contribution < -0.4 is 0 Å². The normalized spacial score (nSPS) is 15.6. The molecular formula is C16H9ClF8O. The molecule has 0 saturated carbocycles. The third kappa shape index (κ3) is 3.25. The van der Waals surface area contributed by atoms with Gasteiger partial charge in [-0.05, 0) is 23.8 Å². The lowest BCUT2D eigenvalue weighted by Crippen LogP contribution is -2.55. The van der Waals surface area contributed by atoms with Crippen molar-refractivity contribution >= 4 is 11.6 Å². The highest BCUT2D eigenvalue weighted by Crippen LogP contribution is 2.53. The first-order valence-electron chi connectivity index (χ1n) is 6.82. The minimum atomic E-state index is -6.27. The molecule has 0 bridgehead atoms. The van der Waals surface area contributed by atoms with Crippen LogP contribution in [0.5, 0.6) is 0 Å². The van der Waals surface area contributed by atoms with Gasteiger partial charge in [0.25, 0.3) is 0 Å². The number of rotatable bonds is 3. The topological polar surface area (TPSA) is 20.2 Å². The molecule has 2 aromatic rings. The van der Waals surface area contributed by atoms with Gasteiger partial charge in [-0.3, -0.25) is 0 Å². The van der Waals surface area contributed by atoms with Gasteiger partial charge < -0.3 is 5.11 Å². The van der Waals surface area contributed by atoms with Gasteiger partial charge in [0.05, 0.1) is 5.56 Å². The van der Waals surface area contributed by atoms with Gasteiger partial charge in [0.2, 0.25) is 0 Å². The van der Waals surface area contributed by atoms with Gasteiger partial charge in [-0.2, -0.15) is 35.1 Å². The van der Waals surface area contributed by atoms with Crippen LogP contribution >= 0.6 is 11.6 Å². The van der Waals surface area contributed by atoms with Crippen molar-refractivity contribution in [2.75, 3.05) is 0 Å². The van der Waals surface area contributed by atoms with E-state index in [1.54, 1.807) is 0 Å². The molecule has 0 aromatic heterocycles. The van der Waals surface area contributed by atoms with Gasteiger partial charge in [-0.15, -0.1) is 0 Å². The van der Waals surface area contributed by atoms with E-state index < -0.39 is 45.6 Å². The Hall–Kier alpha value is -1.87. The van der Waals surface area contributed by atoms with E-state index in [0.717, 1.165) is 12.1 Å². The molecule has 0 radical (unpaired) electrons. The third-order valence-electron chi connectivity index (χ3n) is 3.68. The van der Waals surface area contributed by atoms with Gasteiger partial charge in [-0.1, -0.05) is 41.9 Å². The van der Waals surface area contributed by atoms with Crippen molar-refractivity contribution in [3.63, 3.8) is 0 Å². The van der Waals surface area contributed by atoms with Gasteiger partial charge in [0.15, 0.2) is 5.60 Å². The van der Waals surface area contributed by atoms with Gasteiger partial charge in [0.1, 0.15) is 0 Å². The summed E-state index contributed by atoms with van der Waals surface area (Å²) >= 11 is 5.66. The quantitative estimate of drug-likeness (QED) is 0.642. The number of halogens is 9. The molecule has 10 heteroatoms. The summed E-state index contributed by atoms with van der Waals surface area (Å²) in [4.78, 5) is 0. The largest absolute Gasteiger partial charge is 0.457 e. The fourth-order valence-electron chi connectivity index (χ4n) is 2.39. The Morgan fingerprint density at radius 1 is 0.731 bits per heavy atom. The van der Waals surface area contributed by atoms with Crippen molar-refractivity contribution in [1.82, 2.24) is 0 Å². The lowest BCUT2D eigenvalue weighted by atomic mass is 9.80. The monoisotopic (exact) mass is 404 g/mol. The van der Waals surface area contributed by atoms with Crippen molar-refractivity contribution in [1.29, 1.82) is 0 Å². The molecule has 0 aliphatic heterocycles. The first-order valence-corrected chi connectivity index (χ1v) is 7.20. The number of benzene rings is 2. The molecule has 2 aromatic carbocycles. The number of hydrogen-bond acceptors (Lipinski definition) is 1. The van der Waals surface area contributed by atoms with Crippen LogP contribution in [0.3, 0.4) is 0 Å². The second-order valence-corrected chi connectivity index (χ2v) is 5.75. The SMILES string of the molecule is OC(c1cccc(C(F)(F)F)c1)(c1ccccc1Cl)C(F)(F)C(F)(F)F. The summed E-state index contributed by atoms with van der Waals surface area (Å²) in [7, 11) is 0. The lowest BCUT2D eigenvalue weighted by Gasteiger charge is -2.38. The summed E-state index contributed by atoms with van der Waals surface area (Å²) in [5, 5.41) is 9.80. The zero-order chi connectivity index (χ0) is 20.0. The molecule has 1 unspecified atom stereocenters. The highest BCUT2D eigenvalue weighted by molar-refractivity contribution is 6.31. The maximum atomic E-state index is 14.2. The Kier molecular flexibility index (Phi) is 5.02. The molecule has 26 heavy (non-hydrogen) atoms. The van der Waals surface area contributed by atoms with Crippen LogP contribution in [0.2, 0.25) is 5.02 Å². The summed E-state index contributed by atoms with van der Waals surface area (Å²) in [6.07, 6.45) is -11.3. The molecule has 0 aliphatic carbocycles. The van der Waals surface area contributed by atoms with Crippen LogP contribution in [0.4, 0.5) is 35.1 Å². The van der Waals surface area contributed by atoms with E-state index in [0.29, 0.717) is 24.3 Å². The smallest absolute Gasteiger partial charge is 0.374 e. The first-order chi connectivity index (χ1) is 11.7. The van der Waals surface area contributed by atoms with Gasteiger partial charge in [0, 0.05) is 10.6 Å². The zero-order valence-corrected chi connectivity index (χ0v) is 13.2. The molecule has 0 heterocycles. The molecule has 0 aliphatic rings. The molecule has 1 atom stereocenters. The molecular weight excluding hydrogens is 396 g/mol. The zero-order valence-electron chi connectivity index (χ0n) is 12.5. The van der Waals surface area contributed by atoms with E-state index in [9.17, 15) is 40.2 Å². The average molecular weight is 405 g/mol. The van der Waals surface area contributed by atoms with E-state index in [1.165, 1.54) is 6.07 Å². The van der Waals surface area contributed by atoms with Crippen LogP contribution in [0.15, 0.2) is 48.5 Å². The molecule has 0 amide bonds. The predicted molar refractivity (Wildman–Crippen MR) is 76.9 cm³/mol. The summed E-state index contributed by atoms with van der Waals surface area (Å²) in [5.41, 5.74) is -8.06. The standard InChI is InChI=1S/C16H9ClF8O/c17-12-7-2-1-6-11(12)13(26,15(21,22)16(23,24)25)9-4-3-5-10(8-9)14(18,19)20/h1-8,26H. The van der Waals surface area contributed by atoms with E-state index in [2.05, 4.69) is 0 Å². The van der Waals surface area contributed by atoms with E-state index >= 15 is 0 Å². The van der Waals surface area contributed by atoms with Crippen LogP contribution in [-0.2, 0) is 11.8 Å². The third-order valence-corrected chi connectivity index (χ3v) is 4.01. The van der Waals surface area contributed by atoms with Crippen molar-refractivity contribution in [2.24, 2.45) is 0 Å². The Bertz CT molecular complexity index is 799. The number of aliphatic hydroxyl groups is 1. The highest BCUT2D eigenvalue weighted by Gasteiger charge is 2.71. The van der Waals surface area contributed by atoms with Crippen LogP contribution in [0.25, 0.3) is 0 Å².